The second kappa shape index (κ2) is 65.1. The van der Waals surface area contributed by atoms with Crippen molar-refractivity contribution in [3.8, 4) is 0 Å². The summed E-state index contributed by atoms with van der Waals surface area (Å²) in [6.07, 6.45) is 80.2. The minimum Gasteiger partial charge on any atom is -0.466 e. The monoisotopic (exact) mass is 1060 g/mol. The molecule has 0 aromatic heterocycles. The van der Waals surface area contributed by atoms with E-state index in [9.17, 15) is 19.8 Å². The molecule has 0 bridgehead atoms. The lowest BCUT2D eigenvalue weighted by molar-refractivity contribution is -0.143. The number of hydrogen-bond acceptors (Lipinski definition) is 5. The van der Waals surface area contributed by atoms with Crippen molar-refractivity contribution in [1.29, 1.82) is 0 Å². The molecule has 446 valence electrons. The summed E-state index contributed by atoms with van der Waals surface area (Å²) in [5.41, 5.74) is 0. The Labute approximate surface area is 469 Å². The fourth-order valence-electron chi connectivity index (χ4n) is 11.1. The summed E-state index contributed by atoms with van der Waals surface area (Å²) in [4.78, 5) is 24.5. The summed E-state index contributed by atoms with van der Waals surface area (Å²) in [5.74, 6) is -0.0381. The SMILES string of the molecule is CCCCCCCCCCC/C=C/C(O)C(CO)NC(=O)CCCCCCCCCCCCCCCCCCCCCCCCCCCCCCCCCCCOC(=O)CCCCCCCCCCCCCCCC. The Morgan fingerprint density at radius 2 is 0.613 bits per heavy atom. The molecule has 0 rings (SSSR count). The van der Waals surface area contributed by atoms with Gasteiger partial charge in [0.1, 0.15) is 0 Å². The Morgan fingerprint density at radius 1 is 0.360 bits per heavy atom. The third kappa shape index (κ3) is 61.7. The van der Waals surface area contributed by atoms with Crippen LogP contribution in [0.25, 0.3) is 0 Å². The van der Waals surface area contributed by atoms with Gasteiger partial charge in [-0.2, -0.15) is 0 Å². The largest absolute Gasteiger partial charge is 0.466 e. The van der Waals surface area contributed by atoms with Gasteiger partial charge in [0.05, 0.1) is 25.4 Å². The number of carbonyl (C=O) groups is 2. The van der Waals surface area contributed by atoms with Crippen LogP contribution in [-0.2, 0) is 14.3 Å². The number of ether oxygens (including phenoxy) is 1. The van der Waals surface area contributed by atoms with Crippen LogP contribution in [0.4, 0.5) is 0 Å². The van der Waals surface area contributed by atoms with Crippen LogP contribution in [0.15, 0.2) is 12.2 Å². The standard InChI is InChI=1S/C69H135NO5/c1-3-5-7-9-11-13-15-16-39-43-47-51-55-59-63-69(74)75-64-60-56-52-48-44-40-37-35-33-31-29-27-25-23-21-19-17-18-20-22-24-26-28-30-32-34-36-38-42-46-50-54-58-62-68(73)70-66(65-71)67(72)61-57-53-49-45-41-14-12-10-8-6-4-2/h57,61,66-67,71-72H,3-56,58-60,62-65H2,1-2H3,(H,70,73)/b61-57+. The van der Waals surface area contributed by atoms with Gasteiger partial charge in [0, 0.05) is 12.8 Å². The van der Waals surface area contributed by atoms with Crippen LogP contribution in [0, 0.1) is 0 Å². The molecule has 0 saturated carbocycles. The van der Waals surface area contributed by atoms with Crippen molar-refractivity contribution in [2.45, 2.75) is 405 Å². The van der Waals surface area contributed by atoms with E-state index in [1.165, 1.54) is 327 Å². The summed E-state index contributed by atoms with van der Waals surface area (Å²) >= 11 is 0. The number of carbonyl (C=O) groups excluding carboxylic acids is 2. The first-order valence-corrected chi connectivity index (χ1v) is 34.5. The third-order valence-electron chi connectivity index (χ3n) is 16.3. The summed E-state index contributed by atoms with van der Waals surface area (Å²) in [6, 6.07) is -0.622. The van der Waals surface area contributed by atoms with Gasteiger partial charge in [-0.15, -0.1) is 0 Å². The van der Waals surface area contributed by atoms with E-state index in [2.05, 4.69) is 19.2 Å². The number of aliphatic hydroxyl groups excluding tert-OH is 2. The van der Waals surface area contributed by atoms with Crippen molar-refractivity contribution >= 4 is 11.9 Å². The van der Waals surface area contributed by atoms with Gasteiger partial charge in [-0.05, 0) is 32.1 Å². The number of hydrogen-bond donors (Lipinski definition) is 3. The topological polar surface area (TPSA) is 95.9 Å². The maximum atomic E-state index is 12.4. The predicted molar refractivity (Wildman–Crippen MR) is 329 cm³/mol. The van der Waals surface area contributed by atoms with Crippen LogP contribution in [0.1, 0.15) is 393 Å². The minimum atomic E-state index is -0.838. The first-order chi connectivity index (χ1) is 37.0. The molecular weight excluding hydrogens is 923 g/mol. The molecule has 1 amide bonds. The summed E-state index contributed by atoms with van der Waals surface area (Å²) in [6.45, 7) is 4.93. The van der Waals surface area contributed by atoms with Crippen LogP contribution in [0.2, 0.25) is 0 Å². The lowest BCUT2D eigenvalue weighted by atomic mass is 10.0. The average Bonchev–Trinajstić information content (AvgIpc) is 3.41. The first kappa shape index (κ1) is 73.6. The van der Waals surface area contributed by atoms with E-state index in [1.807, 2.05) is 6.08 Å². The quantitative estimate of drug-likeness (QED) is 0.0320. The molecule has 6 heteroatoms. The smallest absolute Gasteiger partial charge is 0.305 e. The first-order valence-electron chi connectivity index (χ1n) is 34.5. The van der Waals surface area contributed by atoms with E-state index in [0.717, 1.165) is 38.5 Å². The molecular formula is C69H135NO5. The molecule has 6 nitrogen and oxygen atoms in total. The molecule has 0 spiro atoms. The lowest BCUT2D eigenvalue weighted by Crippen LogP contribution is -2.45. The second-order valence-corrected chi connectivity index (χ2v) is 23.9. The van der Waals surface area contributed by atoms with Crippen LogP contribution in [0.5, 0.6) is 0 Å². The summed E-state index contributed by atoms with van der Waals surface area (Å²) < 4.78 is 5.50. The average molecular weight is 1060 g/mol. The van der Waals surface area contributed by atoms with Crippen LogP contribution < -0.4 is 5.32 Å². The summed E-state index contributed by atoms with van der Waals surface area (Å²) in [7, 11) is 0. The van der Waals surface area contributed by atoms with E-state index >= 15 is 0 Å². The normalized spacial score (nSPS) is 12.5. The maximum absolute atomic E-state index is 12.4. The van der Waals surface area contributed by atoms with Crippen molar-refractivity contribution in [1.82, 2.24) is 5.32 Å². The van der Waals surface area contributed by atoms with Crippen molar-refractivity contribution in [3.63, 3.8) is 0 Å². The van der Waals surface area contributed by atoms with E-state index in [-0.39, 0.29) is 18.5 Å². The lowest BCUT2D eigenvalue weighted by Gasteiger charge is -2.20. The Balaban J connectivity index is 3.29. The Morgan fingerprint density at radius 3 is 0.907 bits per heavy atom. The van der Waals surface area contributed by atoms with Gasteiger partial charge in [-0.1, -0.05) is 360 Å². The van der Waals surface area contributed by atoms with Crippen molar-refractivity contribution < 1.29 is 24.5 Å². The molecule has 2 atom stereocenters. The van der Waals surface area contributed by atoms with E-state index in [4.69, 9.17) is 4.74 Å². The predicted octanol–water partition coefficient (Wildman–Crippen LogP) is 22.0. The number of aliphatic hydroxyl groups is 2. The highest BCUT2D eigenvalue weighted by Gasteiger charge is 2.18. The molecule has 75 heavy (non-hydrogen) atoms. The van der Waals surface area contributed by atoms with Crippen molar-refractivity contribution in [3.05, 3.63) is 12.2 Å². The molecule has 0 aromatic carbocycles. The molecule has 0 heterocycles. The molecule has 0 saturated heterocycles. The zero-order valence-corrected chi connectivity index (χ0v) is 51.1. The molecule has 0 aliphatic carbocycles. The molecule has 2 unspecified atom stereocenters. The van der Waals surface area contributed by atoms with Gasteiger partial charge in [-0.25, -0.2) is 0 Å². The highest BCUT2D eigenvalue weighted by atomic mass is 16.5. The zero-order valence-electron chi connectivity index (χ0n) is 51.1. The van der Waals surface area contributed by atoms with Crippen molar-refractivity contribution in [2.24, 2.45) is 0 Å². The van der Waals surface area contributed by atoms with Gasteiger partial charge in [0.2, 0.25) is 5.91 Å². The van der Waals surface area contributed by atoms with E-state index in [1.54, 1.807) is 6.08 Å². The number of unbranched alkanes of at least 4 members (excludes halogenated alkanes) is 54. The van der Waals surface area contributed by atoms with Gasteiger partial charge >= 0.3 is 5.97 Å². The van der Waals surface area contributed by atoms with Crippen LogP contribution >= 0.6 is 0 Å². The fraction of sp³-hybridized carbons (Fsp3) is 0.942. The van der Waals surface area contributed by atoms with Crippen LogP contribution in [0.3, 0.4) is 0 Å². The molecule has 0 aliphatic heterocycles. The Kier molecular flexibility index (Phi) is 63.9. The van der Waals surface area contributed by atoms with Crippen molar-refractivity contribution in [2.75, 3.05) is 13.2 Å². The summed E-state index contributed by atoms with van der Waals surface area (Å²) in [5, 5.41) is 23.1. The molecule has 0 aliphatic rings. The zero-order chi connectivity index (χ0) is 54.3. The van der Waals surface area contributed by atoms with Gasteiger partial charge in [0.25, 0.3) is 0 Å². The maximum Gasteiger partial charge on any atom is 0.305 e. The molecule has 0 radical (unpaired) electrons. The highest BCUT2D eigenvalue weighted by Crippen LogP contribution is 2.19. The third-order valence-corrected chi connectivity index (χ3v) is 16.3. The molecule has 0 aromatic rings. The highest BCUT2D eigenvalue weighted by molar-refractivity contribution is 5.76. The Bertz CT molecular complexity index is 1130. The molecule has 3 N–H and O–H groups in total. The number of amides is 1. The number of rotatable bonds is 65. The van der Waals surface area contributed by atoms with Crippen LogP contribution in [-0.4, -0.2) is 47.4 Å². The van der Waals surface area contributed by atoms with Gasteiger partial charge in [-0.3, -0.25) is 9.59 Å². The Hall–Kier alpha value is -1.40. The van der Waals surface area contributed by atoms with E-state index < -0.39 is 12.1 Å². The minimum absolute atomic E-state index is 0.0244. The van der Waals surface area contributed by atoms with Gasteiger partial charge in [0.15, 0.2) is 0 Å². The van der Waals surface area contributed by atoms with E-state index in [0.29, 0.717) is 19.4 Å². The second-order valence-electron chi connectivity index (χ2n) is 23.9. The molecule has 0 fully saturated rings. The fourth-order valence-corrected chi connectivity index (χ4v) is 11.1. The number of nitrogens with one attached hydrogen (secondary N) is 1. The van der Waals surface area contributed by atoms with Gasteiger partial charge < -0.3 is 20.3 Å². The number of esters is 1. The number of allylic oxidation sites excluding steroid dienone is 1.